The van der Waals surface area contributed by atoms with E-state index in [0.29, 0.717) is 13.0 Å². The number of hydrogen-bond acceptors (Lipinski definition) is 6. The maximum absolute atomic E-state index is 8.98. The number of anilines is 1. The Bertz CT molecular complexity index is 1130. The lowest BCUT2D eigenvalue weighted by atomic mass is 10.1. The summed E-state index contributed by atoms with van der Waals surface area (Å²) in [5.41, 5.74) is 6.22. The van der Waals surface area contributed by atoms with Crippen molar-refractivity contribution >= 4 is 17.5 Å². The maximum atomic E-state index is 8.98. The van der Waals surface area contributed by atoms with Crippen molar-refractivity contribution in [1.82, 2.24) is 24.4 Å². The first kappa shape index (κ1) is 17.9. The van der Waals surface area contributed by atoms with Crippen molar-refractivity contribution in [1.29, 1.82) is 5.41 Å². The van der Waals surface area contributed by atoms with Crippen molar-refractivity contribution in [3.63, 3.8) is 0 Å². The smallest absolute Gasteiger partial charge is 0.153 e. The molecule has 0 unspecified atom stereocenters. The van der Waals surface area contributed by atoms with Gasteiger partial charge < -0.3 is 15.8 Å². The first-order valence-electron chi connectivity index (χ1n) is 8.99. The highest BCUT2D eigenvalue weighted by molar-refractivity contribution is 5.86. The van der Waals surface area contributed by atoms with Gasteiger partial charge in [-0.05, 0) is 29.8 Å². The van der Waals surface area contributed by atoms with Crippen LogP contribution in [0.2, 0.25) is 0 Å². The Morgan fingerprint density at radius 1 is 1.21 bits per heavy atom. The summed E-state index contributed by atoms with van der Waals surface area (Å²) in [7, 11) is 1.88. The zero-order chi connectivity index (χ0) is 19.5. The number of nitrogens with zero attached hydrogens (tertiary/aromatic N) is 5. The number of imidazole rings is 1. The Kier molecular flexibility index (Phi) is 4.86. The molecule has 3 heterocycles. The van der Waals surface area contributed by atoms with E-state index in [4.69, 9.17) is 15.6 Å². The second-order valence-electron chi connectivity index (χ2n) is 6.53. The van der Waals surface area contributed by atoms with E-state index in [9.17, 15) is 0 Å². The molecule has 1 aromatic carbocycles. The number of aliphatic hydroxyl groups excluding tert-OH is 1. The normalized spacial score (nSPS) is 11.1. The van der Waals surface area contributed by atoms with Crippen LogP contribution in [0.5, 0.6) is 0 Å². The Morgan fingerprint density at radius 3 is 2.86 bits per heavy atom. The fourth-order valence-electron chi connectivity index (χ4n) is 3.15. The van der Waals surface area contributed by atoms with E-state index in [0.717, 1.165) is 39.4 Å². The van der Waals surface area contributed by atoms with Gasteiger partial charge in [-0.1, -0.05) is 6.07 Å². The summed E-state index contributed by atoms with van der Waals surface area (Å²) in [6.07, 6.45) is 7.51. The molecule has 142 valence electrons. The molecule has 0 amide bonds. The van der Waals surface area contributed by atoms with Crippen LogP contribution in [0.1, 0.15) is 16.8 Å². The molecule has 8 nitrogen and oxygen atoms in total. The third-order valence-electron chi connectivity index (χ3n) is 4.52. The molecule has 0 saturated heterocycles. The zero-order valence-corrected chi connectivity index (χ0v) is 15.5. The first-order chi connectivity index (χ1) is 13.7. The van der Waals surface area contributed by atoms with Crippen LogP contribution in [0.3, 0.4) is 0 Å². The highest BCUT2D eigenvalue weighted by Gasteiger charge is 2.10. The number of benzene rings is 1. The molecule has 0 aliphatic heterocycles. The van der Waals surface area contributed by atoms with Gasteiger partial charge in [0.1, 0.15) is 0 Å². The number of aryl methyl sites for hydroxylation is 1. The average Bonchev–Trinajstić information content (AvgIpc) is 3.33. The third-order valence-corrected chi connectivity index (χ3v) is 4.52. The van der Waals surface area contributed by atoms with E-state index in [2.05, 4.69) is 15.4 Å². The summed E-state index contributed by atoms with van der Waals surface area (Å²) in [6, 6.07) is 9.80. The van der Waals surface area contributed by atoms with E-state index >= 15 is 0 Å². The van der Waals surface area contributed by atoms with E-state index in [1.54, 1.807) is 10.9 Å². The monoisotopic (exact) mass is 375 g/mol. The lowest BCUT2D eigenvalue weighted by Crippen LogP contribution is -2.08. The number of nitrogens with one attached hydrogen (secondary N) is 2. The number of fused-ring (bicyclic) bond motifs is 1. The Labute approximate surface area is 162 Å². The van der Waals surface area contributed by atoms with Gasteiger partial charge in [-0.2, -0.15) is 10.2 Å². The van der Waals surface area contributed by atoms with Crippen molar-refractivity contribution in [2.75, 3.05) is 18.5 Å². The summed E-state index contributed by atoms with van der Waals surface area (Å²) in [5.74, 6) is 0. The number of rotatable bonds is 7. The van der Waals surface area contributed by atoms with E-state index in [1.807, 2.05) is 54.3 Å². The molecule has 0 radical (unpaired) electrons. The van der Waals surface area contributed by atoms with Crippen LogP contribution in [0.25, 0.3) is 16.9 Å². The molecule has 0 atom stereocenters. The van der Waals surface area contributed by atoms with Gasteiger partial charge >= 0.3 is 0 Å². The maximum Gasteiger partial charge on any atom is 0.153 e. The van der Waals surface area contributed by atoms with Crippen LogP contribution in [-0.4, -0.2) is 48.9 Å². The lowest BCUT2D eigenvalue weighted by Gasteiger charge is -2.10. The van der Waals surface area contributed by atoms with Crippen molar-refractivity contribution in [2.24, 2.45) is 7.05 Å². The van der Waals surface area contributed by atoms with Crippen LogP contribution in [0, 0.1) is 5.41 Å². The highest BCUT2D eigenvalue weighted by atomic mass is 16.3. The molecule has 3 aromatic heterocycles. The zero-order valence-electron chi connectivity index (χ0n) is 15.5. The largest absolute Gasteiger partial charge is 0.395 e. The molecule has 28 heavy (non-hydrogen) atoms. The van der Waals surface area contributed by atoms with Crippen molar-refractivity contribution in [3.05, 3.63) is 65.7 Å². The molecular weight excluding hydrogens is 354 g/mol. The molecule has 0 bridgehead atoms. The Hall–Kier alpha value is -3.52. The standard InChI is InChI=1S/C20H21N7O/c1-26-13-16(11-24-26)19-4-5-20-23-12-17(27(20)25-19)9-14-2-3-18(22-6-7-28)15(8-14)10-21/h2-5,8,10-13,21-22,28H,6-7,9H2,1H3. The van der Waals surface area contributed by atoms with Crippen LogP contribution in [0.4, 0.5) is 5.69 Å². The average molecular weight is 375 g/mol. The third kappa shape index (κ3) is 3.49. The van der Waals surface area contributed by atoms with Crippen LogP contribution >= 0.6 is 0 Å². The van der Waals surface area contributed by atoms with Gasteiger partial charge in [0.2, 0.25) is 0 Å². The van der Waals surface area contributed by atoms with Gasteiger partial charge in [-0.3, -0.25) is 4.68 Å². The van der Waals surface area contributed by atoms with Crippen LogP contribution in [0.15, 0.2) is 48.9 Å². The quantitative estimate of drug-likeness (QED) is 0.429. The Morgan fingerprint density at radius 2 is 2.11 bits per heavy atom. The summed E-state index contributed by atoms with van der Waals surface area (Å²) in [5, 5.41) is 28.7. The van der Waals surface area contributed by atoms with E-state index in [1.165, 1.54) is 6.21 Å². The Balaban J connectivity index is 1.65. The lowest BCUT2D eigenvalue weighted by molar-refractivity contribution is 0.311. The summed E-state index contributed by atoms with van der Waals surface area (Å²) < 4.78 is 3.60. The molecule has 0 saturated carbocycles. The van der Waals surface area contributed by atoms with Crippen molar-refractivity contribution < 1.29 is 5.11 Å². The second kappa shape index (κ2) is 7.61. The second-order valence-corrected chi connectivity index (χ2v) is 6.53. The molecule has 4 aromatic rings. The molecule has 0 aliphatic carbocycles. The summed E-state index contributed by atoms with van der Waals surface area (Å²) >= 11 is 0. The SMILES string of the molecule is Cn1cc(-c2ccc3ncc(Cc4ccc(NCCO)c(C=N)c4)n3n2)cn1. The molecule has 0 aliphatic rings. The van der Waals surface area contributed by atoms with Crippen molar-refractivity contribution in [3.8, 4) is 11.3 Å². The predicted molar refractivity (Wildman–Crippen MR) is 108 cm³/mol. The van der Waals surface area contributed by atoms with Gasteiger partial charge in [0.15, 0.2) is 5.65 Å². The predicted octanol–water partition coefficient (Wildman–Crippen LogP) is 2.12. The topological polar surface area (TPSA) is 104 Å². The fraction of sp³-hybridized carbons (Fsp3) is 0.200. The summed E-state index contributed by atoms with van der Waals surface area (Å²) in [4.78, 5) is 4.45. The van der Waals surface area contributed by atoms with Gasteiger partial charge in [-0.15, -0.1) is 0 Å². The fourth-order valence-corrected chi connectivity index (χ4v) is 3.15. The minimum Gasteiger partial charge on any atom is -0.395 e. The van der Waals surface area contributed by atoms with Crippen molar-refractivity contribution in [2.45, 2.75) is 6.42 Å². The van der Waals surface area contributed by atoms with Crippen LogP contribution in [-0.2, 0) is 13.5 Å². The molecule has 0 spiro atoms. The molecule has 4 rings (SSSR count). The molecule has 3 N–H and O–H groups in total. The molecular formula is C20H21N7O. The highest BCUT2D eigenvalue weighted by Crippen LogP contribution is 2.20. The van der Waals surface area contributed by atoms with Gasteiger partial charge in [0, 0.05) is 49.2 Å². The molecule has 8 heteroatoms. The number of aromatic nitrogens is 5. The summed E-state index contributed by atoms with van der Waals surface area (Å²) in [6.45, 7) is 0.500. The van der Waals surface area contributed by atoms with Gasteiger partial charge in [-0.25, -0.2) is 9.50 Å². The molecule has 0 fully saturated rings. The first-order valence-corrected chi connectivity index (χ1v) is 8.99. The van der Waals surface area contributed by atoms with Gasteiger partial charge in [0.25, 0.3) is 0 Å². The number of hydrogen-bond donors (Lipinski definition) is 3. The minimum absolute atomic E-state index is 0.0476. The minimum atomic E-state index is 0.0476. The van der Waals surface area contributed by atoms with E-state index in [-0.39, 0.29) is 6.61 Å². The van der Waals surface area contributed by atoms with Crippen LogP contribution < -0.4 is 5.32 Å². The number of aliphatic hydroxyl groups is 1. The van der Waals surface area contributed by atoms with E-state index < -0.39 is 0 Å². The van der Waals surface area contributed by atoms with Gasteiger partial charge in [0.05, 0.1) is 30.4 Å².